The maximum Gasteiger partial charge on any atom is 0.321 e. The molecule has 1 aromatic heterocycles. The Kier molecular flexibility index (Phi) is 7.76. The van der Waals surface area contributed by atoms with Gasteiger partial charge in [-0.15, -0.1) is 0 Å². The van der Waals surface area contributed by atoms with E-state index in [9.17, 15) is 9.59 Å². The van der Waals surface area contributed by atoms with Crippen LogP contribution in [0.25, 0.3) is 0 Å². The van der Waals surface area contributed by atoms with Crippen molar-refractivity contribution in [3.8, 4) is 11.9 Å². The van der Waals surface area contributed by atoms with Gasteiger partial charge in [0.05, 0.1) is 13.2 Å². The summed E-state index contributed by atoms with van der Waals surface area (Å²) in [5.41, 5.74) is 8.34. The minimum Gasteiger partial charge on any atom is -0.481 e. The molecule has 3 N–H and O–H groups in total. The summed E-state index contributed by atoms with van der Waals surface area (Å²) in [6.45, 7) is 1.16. The van der Waals surface area contributed by atoms with Gasteiger partial charge in [-0.2, -0.15) is 9.97 Å². The van der Waals surface area contributed by atoms with Crippen LogP contribution in [0.4, 0.5) is 11.5 Å². The first-order chi connectivity index (χ1) is 18.0. The maximum atomic E-state index is 13.4. The maximum absolute atomic E-state index is 13.4. The van der Waals surface area contributed by atoms with Gasteiger partial charge in [-0.05, 0) is 74.0 Å². The first-order valence-electron chi connectivity index (χ1n) is 13.5. The smallest absolute Gasteiger partial charge is 0.321 e. The van der Waals surface area contributed by atoms with Crippen LogP contribution in [0.2, 0.25) is 0 Å². The number of hydrogen-bond donors (Lipinski definition) is 2. The molecule has 0 atom stereocenters. The molecule has 5 rings (SSSR count). The van der Waals surface area contributed by atoms with Crippen LogP contribution in [0.3, 0.4) is 0 Å². The molecule has 2 heterocycles. The number of nitrogen functional groups attached to an aromatic ring is 1. The number of benzene rings is 1. The van der Waals surface area contributed by atoms with Gasteiger partial charge in [-0.3, -0.25) is 9.59 Å². The standard InChI is InChI=1S/C28H36N4O5/c29-25-24-26(31-28(30-25)37-15-2-1-3-18-4-5-18)36-16-14-32(27(24)35)22-12-10-21(11-13-22)20-8-6-19(7-9-20)17-23(33)34/h10-13,18-20H,1-9,14-17H2,(H,33,34)(H2,29,30,31). The van der Waals surface area contributed by atoms with Crippen molar-refractivity contribution >= 4 is 23.4 Å². The van der Waals surface area contributed by atoms with Gasteiger partial charge in [0.15, 0.2) is 0 Å². The molecule has 2 fully saturated rings. The lowest BCUT2D eigenvalue weighted by Crippen LogP contribution is -2.32. The Labute approximate surface area is 217 Å². The van der Waals surface area contributed by atoms with Crippen LogP contribution < -0.4 is 20.1 Å². The predicted octanol–water partition coefficient (Wildman–Crippen LogP) is 4.81. The second-order valence-corrected chi connectivity index (χ2v) is 10.6. The highest BCUT2D eigenvalue weighted by molar-refractivity contribution is 6.10. The SMILES string of the molecule is Nc1nc(OCCCCC2CC2)nc2c1C(=O)N(c1ccc(C3CCC(CC(=O)O)CC3)cc1)CCO2. The Bertz CT molecular complexity index is 1110. The van der Waals surface area contributed by atoms with Crippen LogP contribution in [0, 0.1) is 11.8 Å². The molecule has 0 unspecified atom stereocenters. The molecule has 1 amide bonds. The number of aliphatic carboxylic acids is 1. The number of carbonyl (C=O) groups is 2. The Morgan fingerprint density at radius 3 is 2.49 bits per heavy atom. The van der Waals surface area contributed by atoms with Crippen LogP contribution in [-0.4, -0.2) is 46.7 Å². The highest BCUT2D eigenvalue weighted by Crippen LogP contribution is 2.38. The Hall–Kier alpha value is -3.36. The lowest BCUT2D eigenvalue weighted by molar-refractivity contribution is -0.138. The van der Waals surface area contributed by atoms with Gasteiger partial charge < -0.3 is 25.2 Å². The fraction of sp³-hybridized carbons (Fsp3) is 0.571. The van der Waals surface area contributed by atoms with Gasteiger partial charge in [0.1, 0.15) is 18.0 Å². The summed E-state index contributed by atoms with van der Waals surface area (Å²) in [4.78, 5) is 34.7. The molecule has 2 aromatic rings. The third kappa shape index (κ3) is 6.32. The molecule has 0 saturated heterocycles. The molecule has 1 aliphatic heterocycles. The van der Waals surface area contributed by atoms with E-state index in [1.807, 2.05) is 12.1 Å². The number of ether oxygens (including phenoxy) is 2. The van der Waals surface area contributed by atoms with Crippen molar-refractivity contribution in [3.63, 3.8) is 0 Å². The largest absolute Gasteiger partial charge is 0.481 e. The lowest BCUT2D eigenvalue weighted by atomic mass is 9.77. The Balaban J connectivity index is 1.21. The van der Waals surface area contributed by atoms with Gasteiger partial charge in [0, 0.05) is 12.1 Å². The molecule has 0 radical (unpaired) electrons. The van der Waals surface area contributed by atoms with Crippen LogP contribution in [0.5, 0.6) is 11.9 Å². The second-order valence-electron chi connectivity index (χ2n) is 10.6. The average Bonchev–Trinajstić information content (AvgIpc) is 3.72. The zero-order chi connectivity index (χ0) is 25.8. The van der Waals surface area contributed by atoms with Crippen molar-refractivity contribution in [1.29, 1.82) is 0 Å². The zero-order valence-electron chi connectivity index (χ0n) is 21.2. The van der Waals surface area contributed by atoms with E-state index in [4.69, 9.17) is 20.3 Å². The van der Waals surface area contributed by atoms with E-state index in [-0.39, 0.29) is 48.1 Å². The third-order valence-electron chi connectivity index (χ3n) is 7.82. The first kappa shape index (κ1) is 25.3. The van der Waals surface area contributed by atoms with Gasteiger partial charge >= 0.3 is 12.0 Å². The lowest BCUT2D eigenvalue weighted by Gasteiger charge is -2.28. The molecule has 2 saturated carbocycles. The number of carbonyl (C=O) groups excluding carboxylic acids is 1. The van der Waals surface area contributed by atoms with E-state index >= 15 is 0 Å². The summed E-state index contributed by atoms with van der Waals surface area (Å²) >= 11 is 0. The molecule has 0 bridgehead atoms. The summed E-state index contributed by atoms with van der Waals surface area (Å²) < 4.78 is 11.5. The Morgan fingerprint density at radius 2 is 1.78 bits per heavy atom. The molecule has 198 valence electrons. The molecule has 9 heteroatoms. The van der Waals surface area contributed by atoms with Crippen molar-refractivity contribution in [2.45, 2.75) is 70.1 Å². The molecule has 9 nitrogen and oxygen atoms in total. The summed E-state index contributed by atoms with van der Waals surface area (Å²) in [7, 11) is 0. The van der Waals surface area contributed by atoms with Crippen molar-refractivity contribution < 1.29 is 24.2 Å². The van der Waals surface area contributed by atoms with Crippen molar-refractivity contribution in [2.75, 3.05) is 30.4 Å². The van der Waals surface area contributed by atoms with Gasteiger partial charge in [-0.25, -0.2) is 0 Å². The number of rotatable bonds is 10. The number of carboxylic acids is 1. The highest BCUT2D eigenvalue weighted by Gasteiger charge is 2.30. The van der Waals surface area contributed by atoms with Crippen LogP contribution in [-0.2, 0) is 4.79 Å². The number of aromatic nitrogens is 2. The number of anilines is 2. The van der Waals surface area contributed by atoms with Crippen LogP contribution in [0.15, 0.2) is 24.3 Å². The van der Waals surface area contributed by atoms with E-state index < -0.39 is 5.97 Å². The summed E-state index contributed by atoms with van der Waals surface area (Å²) in [6, 6.07) is 8.19. The molecule has 2 aliphatic carbocycles. The molecular weight excluding hydrogens is 472 g/mol. The Morgan fingerprint density at radius 1 is 1.05 bits per heavy atom. The topological polar surface area (TPSA) is 128 Å². The fourth-order valence-corrected chi connectivity index (χ4v) is 5.50. The molecule has 37 heavy (non-hydrogen) atoms. The predicted molar refractivity (Wildman–Crippen MR) is 139 cm³/mol. The molecular formula is C28H36N4O5. The number of nitrogens with zero attached hydrogens (tertiary/aromatic N) is 3. The van der Waals surface area contributed by atoms with E-state index in [1.165, 1.54) is 24.8 Å². The minimum atomic E-state index is -0.714. The third-order valence-corrected chi connectivity index (χ3v) is 7.82. The average molecular weight is 509 g/mol. The monoisotopic (exact) mass is 508 g/mol. The quantitative estimate of drug-likeness (QED) is 0.438. The summed E-state index contributed by atoms with van der Waals surface area (Å²) in [5.74, 6) is 0.820. The molecule has 3 aliphatic rings. The zero-order valence-corrected chi connectivity index (χ0v) is 21.2. The van der Waals surface area contributed by atoms with Crippen molar-refractivity contribution in [3.05, 3.63) is 35.4 Å². The van der Waals surface area contributed by atoms with Gasteiger partial charge in [0.2, 0.25) is 5.88 Å². The number of hydrogen-bond acceptors (Lipinski definition) is 7. The number of nitrogens with two attached hydrogens (primary N) is 1. The second kappa shape index (κ2) is 11.4. The van der Waals surface area contributed by atoms with Crippen LogP contribution >= 0.6 is 0 Å². The van der Waals surface area contributed by atoms with E-state index in [0.717, 1.165) is 50.1 Å². The first-order valence-corrected chi connectivity index (χ1v) is 13.5. The summed E-state index contributed by atoms with van der Waals surface area (Å²) in [6.07, 6.45) is 10.1. The fourth-order valence-electron chi connectivity index (χ4n) is 5.50. The number of amides is 1. The van der Waals surface area contributed by atoms with E-state index in [1.54, 1.807) is 4.90 Å². The normalized spacial score (nSPS) is 21.6. The summed E-state index contributed by atoms with van der Waals surface area (Å²) in [5, 5.41) is 9.04. The number of fused-ring (bicyclic) bond motifs is 1. The van der Waals surface area contributed by atoms with Crippen molar-refractivity contribution in [2.24, 2.45) is 11.8 Å². The van der Waals surface area contributed by atoms with Crippen molar-refractivity contribution in [1.82, 2.24) is 9.97 Å². The molecule has 0 spiro atoms. The molecule has 1 aromatic carbocycles. The van der Waals surface area contributed by atoms with Gasteiger partial charge in [-0.1, -0.05) is 31.4 Å². The van der Waals surface area contributed by atoms with Crippen LogP contribution in [0.1, 0.15) is 86.0 Å². The minimum absolute atomic E-state index is 0.0598. The van der Waals surface area contributed by atoms with E-state index in [2.05, 4.69) is 22.1 Å². The van der Waals surface area contributed by atoms with E-state index in [0.29, 0.717) is 19.1 Å². The number of unbranched alkanes of at least 4 members (excludes halogenated alkanes) is 1. The number of carboxylic acid groups (broad SMARTS) is 1. The highest BCUT2D eigenvalue weighted by atomic mass is 16.5. The van der Waals surface area contributed by atoms with Gasteiger partial charge in [0.25, 0.3) is 5.91 Å².